The smallest absolute Gasteiger partial charge is 0.411 e. The highest BCUT2D eigenvalue weighted by Gasteiger charge is 2.45. The summed E-state index contributed by atoms with van der Waals surface area (Å²) in [5, 5.41) is 0. The second kappa shape index (κ2) is 3.98. The fourth-order valence-corrected chi connectivity index (χ4v) is 2.22. The Hall–Kier alpha value is -1.65. The average Bonchev–Trinajstić information content (AvgIpc) is 2.54. The van der Waals surface area contributed by atoms with E-state index in [-0.39, 0.29) is 23.8 Å². The summed E-state index contributed by atoms with van der Waals surface area (Å²) >= 11 is 0. The lowest BCUT2D eigenvalue weighted by molar-refractivity contribution is 0.118. The SMILES string of the molecule is C[C@H]1[C@H](c2cnccn2)OC(=O)N1C(C)(C)C. The molecule has 0 radical (unpaired) electrons. The van der Waals surface area contributed by atoms with Crippen LogP contribution in [-0.4, -0.2) is 32.5 Å². The predicted octanol–water partition coefficient (Wildman–Crippen LogP) is 2.16. The van der Waals surface area contributed by atoms with Gasteiger partial charge in [0, 0.05) is 17.9 Å². The molecule has 1 aliphatic rings. The van der Waals surface area contributed by atoms with Crippen molar-refractivity contribution in [2.24, 2.45) is 0 Å². The van der Waals surface area contributed by atoms with Crippen molar-refractivity contribution in [2.75, 3.05) is 0 Å². The van der Waals surface area contributed by atoms with Gasteiger partial charge in [0.15, 0.2) is 6.10 Å². The first-order valence-electron chi connectivity index (χ1n) is 5.67. The second-order valence-corrected chi connectivity index (χ2v) is 5.22. The third kappa shape index (κ3) is 2.09. The van der Waals surface area contributed by atoms with Crippen molar-refractivity contribution in [3.63, 3.8) is 0 Å². The van der Waals surface area contributed by atoms with Crippen molar-refractivity contribution in [3.8, 4) is 0 Å². The third-order valence-corrected chi connectivity index (χ3v) is 2.87. The first kappa shape index (κ1) is 11.8. The van der Waals surface area contributed by atoms with E-state index in [0.717, 1.165) is 0 Å². The minimum atomic E-state index is -0.338. The fraction of sp³-hybridized carbons (Fsp3) is 0.583. The van der Waals surface area contributed by atoms with E-state index in [4.69, 9.17) is 4.74 Å². The number of cyclic esters (lactones) is 1. The number of nitrogens with zero attached hydrogens (tertiary/aromatic N) is 3. The number of rotatable bonds is 1. The maximum atomic E-state index is 11.9. The molecule has 0 saturated carbocycles. The van der Waals surface area contributed by atoms with Gasteiger partial charge >= 0.3 is 6.09 Å². The Balaban J connectivity index is 2.28. The van der Waals surface area contributed by atoms with Crippen molar-refractivity contribution in [1.82, 2.24) is 14.9 Å². The van der Waals surface area contributed by atoms with Gasteiger partial charge in [-0.15, -0.1) is 0 Å². The van der Waals surface area contributed by atoms with Crippen LogP contribution in [0.1, 0.15) is 39.5 Å². The van der Waals surface area contributed by atoms with Gasteiger partial charge in [-0.25, -0.2) is 4.79 Å². The van der Waals surface area contributed by atoms with Crippen LogP contribution < -0.4 is 0 Å². The van der Waals surface area contributed by atoms with E-state index >= 15 is 0 Å². The largest absolute Gasteiger partial charge is 0.437 e. The molecule has 1 aliphatic heterocycles. The first-order valence-corrected chi connectivity index (χ1v) is 5.67. The molecule has 1 aromatic rings. The fourth-order valence-electron chi connectivity index (χ4n) is 2.22. The van der Waals surface area contributed by atoms with Gasteiger partial charge in [-0.05, 0) is 27.7 Å². The average molecular weight is 235 g/mol. The summed E-state index contributed by atoms with van der Waals surface area (Å²) in [7, 11) is 0. The van der Waals surface area contributed by atoms with Gasteiger partial charge in [0.25, 0.3) is 0 Å². The van der Waals surface area contributed by atoms with Gasteiger partial charge in [-0.3, -0.25) is 14.9 Å². The number of hydrogen-bond acceptors (Lipinski definition) is 4. The Morgan fingerprint density at radius 3 is 2.53 bits per heavy atom. The van der Waals surface area contributed by atoms with Crippen LogP contribution in [0.4, 0.5) is 4.79 Å². The van der Waals surface area contributed by atoms with E-state index in [9.17, 15) is 4.79 Å². The second-order valence-electron chi connectivity index (χ2n) is 5.22. The van der Waals surface area contributed by atoms with Gasteiger partial charge in [0.1, 0.15) is 5.69 Å². The Bertz CT molecular complexity index is 414. The van der Waals surface area contributed by atoms with Crippen molar-refractivity contribution >= 4 is 6.09 Å². The van der Waals surface area contributed by atoms with E-state index in [2.05, 4.69) is 9.97 Å². The molecule has 0 aromatic carbocycles. The summed E-state index contributed by atoms with van der Waals surface area (Å²) in [4.78, 5) is 21.8. The van der Waals surface area contributed by atoms with E-state index in [0.29, 0.717) is 5.69 Å². The van der Waals surface area contributed by atoms with E-state index in [1.54, 1.807) is 23.5 Å². The summed E-state index contributed by atoms with van der Waals surface area (Å²) in [6.45, 7) is 7.94. The van der Waals surface area contributed by atoms with Crippen LogP contribution in [0.25, 0.3) is 0 Å². The van der Waals surface area contributed by atoms with Crippen molar-refractivity contribution in [3.05, 3.63) is 24.3 Å². The zero-order chi connectivity index (χ0) is 12.6. The topological polar surface area (TPSA) is 55.3 Å². The van der Waals surface area contributed by atoms with Gasteiger partial charge in [-0.1, -0.05) is 0 Å². The molecule has 1 fully saturated rings. The normalized spacial score (nSPS) is 24.9. The molecule has 1 saturated heterocycles. The molecule has 92 valence electrons. The number of hydrogen-bond donors (Lipinski definition) is 0. The van der Waals surface area contributed by atoms with Gasteiger partial charge in [0.05, 0.1) is 12.2 Å². The first-order chi connectivity index (χ1) is 7.91. The summed E-state index contributed by atoms with van der Waals surface area (Å²) in [6, 6.07) is -0.0424. The molecule has 0 spiro atoms. The van der Waals surface area contributed by atoms with E-state index in [1.807, 2.05) is 27.7 Å². The number of ether oxygens (including phenoxy) is 1. The zero-order valence-corrected chi connectivity index (χ0v) is 10.5. The molecule has 0 N–H and O–H groups in total. The Morgan fingerprint density at radius 2 is 2.06 bits per heavy atom. The zero-order valence-electron chi connectivity index (χ0n) is 10.5. The standard InChI is InChI=1S/C12H17N3O2/c1-8-10(9-7-13-5-6-14-9)17-11(16)15(8)12(2,3)4/h5-8,10H,1-4H3/t8-,10+/m0/s1. The molecular formula is C12H17N3O2. The number of carbonyl (C=O) groups is 1. The molecule has 2 rings (SSSR count). The van der Waals surface area contributed by atoms with Gasteiger partial charge in [0.2, 0.25) is 0 Å². The molecule has 5 nitrogen and oxygen atoms in total. The molecule has 1 amide bonds. The highest BCUT2D eigenvalue weighted by Crippen LogP contribution is 2.35. The molecule has 1 aromatic heterocycles. The van der Waals surface area contributed by atoms with Crippen LogP contribution in [-0.2, 0) is 4.74 Å². The van der Waals surface area contributed by atoms with Crippen molar-refractivity contribution < 1.29 is 9.53 Å². The number of aromatic nitrogens is 2. The van der Waals surface area contributed by atoms with Gasteiger partial charge < -0.3 is 4.74 Å². The van der Waals surface area contributed by atoms with E-state index in [1.165, 1.54) is 0 Å². The lowest BCUT2D eigenvalue weighted by atomic mass is 10.0. The third-order valence-electron chi connectivity index (χ3n) is 2.87. The van der Waals surface area contributed by atoms with Gasteiger partial charge in [-0.2, -0.15) is 0 Å². The van der Waals surface area contributed by atoms with Crippen LogP contribution in [0, 0.1) is 0 Å². The number of amides is 1. The minimum Gasteiger partial charge on any atom is -0.437 e. The van der Waals surface area contributed by atoms with Crippen LogP contribution in [0.2, 0.25) is 0 Å². The van der Waals surface area contributed by atoms with Crippen molar-refractivity contribution in [2.45, 2.75) is 45.4 Å². The highest BCUT2D eigenvalue weighted by atomic mass is 16.6. The number of carbonyl (C=O) groups excluding carboxylic acids is 1. The van der Waals surface area contributed by atoms with Crippen molar-refractivity contribution in [1.29, 1.82) is 0 Å². The van der Waals surface area contributed by atoms with Crippen LogP contribution in [0.3, 0.4) is 0 Å². The van der Waals surface area contributed by atoms with E-state index < -0.39 is 0 Å². The highest BCUT2D eigenvalue weighted by molar-refractivity contribution is 5.71. The summed E-state index contributed by atoms with van der Waals surface area (Å²) < 4.78 is 5.38. The summed E-state index contributed by atoms with van der Waals surface area (Å²) in [5.74, 6) is 0. The monoisotopic (exact) mass is 235 g/mol. The molecule has 2 heterocycles. The lowest BCUT2D eigenvalue weighted by Crippen LogP contribution is -2.46. The van der Waals surface area contributed by atoms with Crippen LogP contribution in [0.15, 0.2) is 18.6 Å². The quantitative estimate of drug-likeness (QED) is 0.748. The molecule has 0 aliphatic carbocycles. The maximum absolute atomic E-state index is 11.9. The molecule has 17 heavy (non-hydrogen) atoms. The minimum absolute atomic E-state index is 0.0424. The lowest BCUT2D eigenvalue weighted by Gasteiger charge is -2.33. The molecule has 5 heteroatoms. The molecule has 2 atom stereocenters. The predicted molar refractivity (Wildman–Crippen MR) is 62.3 cm³/mol. The Kier molecular flexibility index (Phi) is 2.77. The molecule has 0 bridgehead atoms. The van der Waals surface area contributed by atoms with Crippen LogP contribution >= 0.6 is 0 Å². The Labute approximate surface area is 101 Å². The molecular weight excluding hydrogens is 218 g/mol. The maximum Gasteiger partial charge on any atom is 0.411 e. The molecule has 0 unspecified atom stereocenters. The van der Waals surface area contributed by atoms with Crippen LogP contribution in [0.5, 0.6) is 0 Å². The summed E-state index contributed by atoms with van der Waals surface area (Å²) in [6.07, 6.45) is 4.22. The summed E-state index contributed by atoms with van der Waals surface area (Å²) in [5.41, 5.74) is 0.438. The Morgan fingerprint density at radius 1 is 1.35 bits per heavy atom.